The third kappa shape index (κ3) is 3.09. The van der Waals surface area contributed by atoms with Crippen molar-refractivity contribution in [2.24, 2.45) is 23.1 Å². The SMILES string of the molecule is NCC(N)CC1CCC(N)CC1. The average molecular weight is 171 g/mol. The van der Waals surface area contributed by atoms with Crippen molar-refractivity contribution in [2.45, 2.75) is 44.2 Å². The molecule has 12 heavy (non-hydrogen) atoms. The average Bonchev–Trinajstić information content (AvgIpc) is 2.09. The summed E-state index contributed by atoms with van der Waals surface area (Å²) in [5.74, 6) is 0.781. The quantitative estimate of drug-likeness (QED) is 0.567. The van der Waals surface area contributed by atoms with Crippen molar-refractivity contribution >= 4 is 0 Å². The third-order valence-corrected chi connectivity index (χ3v) is 2.83. The summed E-state index contributed by atoms with van der Waals surface area (Å²) in [6.45, 7) is 0.614. The van der Waals surface area contributed by atoms with Crippen molar-refractivity contribution in [3.05, 3.63) is 0 Å². The van der Waals surface area contributed by atoms with Gasteiger partial charge in [-0.2, -0.15) is 0 Å². The first-order valence-corrected chi connectivity index (χ1v) is 4.93. The van der Waals surface area contributed by atoms with Gasteiger partial charge in [-0.15, -0.1) is 0 Å². The molecule has 0 aromatic heterocycles. The largest absolute Gasteiger partial charge is 0.329 e. The molecule has 0 spiro atoms. The maximum atomic E-state index is 5.80. The summed E-state index contributed by atoms with van der Waals surface area (Å²) in [6.07, 6.45) is 5.91. The number of hydrogen-bond donors (Lipinski definition) is 3. The lowest BCUT2D eigenvalue weighted by molar-refractivity contribution is 0.295. The monoisotopic (exact) mass is 171 g/mol. The van der Waals surface area contributed by atoms with Crippen LogP contribution in [0.1, 0.15) is 32.1 Å². The van der Waals surface area contributed by atoms with Crippen molar-refractivity contribution < 1.29 is 0 Å². The maximum absolute atomic E-state index is 5.80. The molecule has 1 saturated carbocycles. The van der Waals surface area contributed by atoms with Crippen LogP contribution in [0.2, 0.25) is 0 Å². The molecule has 0 aliphatic heterocycles. The van der Waals surface area contributed by atoms with Gasteiger partial charge in [-0.25, -0.2) is 0 Å². The number of hydrogen-bond acceptors (Lipinski definition) is 3. The summed E-state index contributed by atoms with van der Waals surface area (Å²) in [4.78, 5) is 0. The van der Waals surface area contributed by atoms with E-state index in [0.717, 1.165) is 12.3 Å². The zero-order valence-corrected chi connectivity index (χ0v) is 7.71. The highest BCUT2D eigenvalue weighted by Crippen LogP contribution is 2.26. The molecular weight excluding hydrogens is 150 g/mol. The molecule has 0 bridgehead atoms. The van der Waals surface area contributed by atoms with Gasteiger partial charge < -0.3 is 17.2 Å². The first kappa shape index (κ1) is 9.96. The Labute approximate surface area is 74.7 Å². The number of nitrogens with two attached hydrogens (primary N) is 3. The minimum absolute atomic E-state index is 0.198. The summed E-state index contributed by atoms with van der Waals surface area (Å²) >= 11 is 0. The molecule has 72 valence electrons. The van der Waals surface area contributed by atoms with Crippen LogP contribution in [0.5, 0.6) is 0 Å². The van der Waals surface area contributed by atoms with E-state index in [2.05, 4.69) is 0 Å². The Morgan fingerprint density at radius 2 is 1.75 bits per heavy atom. The molecule has 0 amide bonds. The minimum Gasteiger partial charge on any atom is -0.329 e. The van der Waals surface area contributed by atoms with Crippen LogP contribution in [0.25, 0.3) is 0 Å². The van der Waals surface area contributed by atoms with Gasteiger partial charge in [-0.1, -0.05) is 0 Å². The number of rotatable bonds is 3. The molecule has 6 N–H and O–H groups in total. The van der Waals surface area contributed by atoms with Crippen molar-refractivity contribution in [3.8, 4) is 0 Å². The Morgan fingerprint density at radius 1 is 1.17 bits per heavy atom. The first-order chi connectivity index (χ1) is 5.72. The van der Waals surface area contributed by atoms with Gasteiger partial charge in [0, 0.05) is 18.6 Å². The van der Waals surface area contributed by atoms with Gasteiger partial charge in [0.05, 0.1) is 0 Å². The molecule has 0 radical (unpaired) electrons. The van der Waals surface area contributed by atoms with Gasteiger partial charge in [0.2, 0.25) is 0 Å². The van der Waals surface area contributed by atoms with Crippen molar-refractivity contribution in [3.63, 3.8) is 0 Å². The molecule has 1 aliphatic carbocycles. The molecular formula is C9H21N3. The van der Waals surface area contributed by atoms with Gasteiger partial charge in [0.1, 0.15) is 0 Å². The van der Waals surface area contributed by atoms with Gasteiger partial charge in [0.15, 0.2) is 0 Å². The highest BCUT2D eigenvalue weighted by atomic mass is 14.7. The summed E-state index contributed by atoms with van der Waals surface area (Å²) in [5, 5.41) is 0. The first-order valence-electron chi connectivity index (χ1n) is 4.93. The maximum Gasteiger partial charge on any atom is 0.0165 e. The third-order valence-electron chi connectivity index (χ3n) is 2.83. The van der Waals surface area contributed by atoms with Gasteiger partial charge in [0.25, 0.3) is 0 Å². The van der Waals surface area contributed by atoms with Gasteiger partial charge in [-0.3, -0.25) is 0 Å². The molecule has 0 heterocycles. The van der Waals surface area contributed by atoms with E-state index in [0.29, 0.717) is 12.6 Å². The molecule has 0 saturated heterocycles. The standard InChI is InChI=1S/C9H21N3/c10-6-9(12)5-7-1-3-8(11)4-2-7/h7-9H,1-6,10-12H2. The summed E-state index contributed by atoms with van der Waals surface area (Å²) < 4.78 is 0. The van der Waals surface area contributed by atoms with E-state index >= 15 is 0 Å². The zero-order chi connectivity index (χ0) is 8.97. The van der Waals surface area contributed by atoms with E-state index < -0.39 is 0 Å². The molecule has 1 aliphatic rings. The van der Waals surface area contributed by atoms with Crippen LogP contribution in [-0.4, -0.2) is 18.6 Å². The highest BCUT2D eigenvalue weighted by Gasteiger charge is 2.19. The fourth-order valence-corrected chi connectivity index (χ4v) is 1.95. The molecule has 0 aromatic rings. The van der Waals surface area contributed by atoms with Crippen LogP contribution in [0, 0.1) is 5.92 Å². The van der Waals surface area contributed by atoms with Crippen molar-refractivity contribution in [1.82, 2.24) is 0 Å². The molecule has 1 rings (SSSR count). The molecule has 1 fully saturated rings. The molecule has 3 nitrogen and oxygen atoms in total. The Hall–Kier alpha value is -0.120. The second kappa shape index (κ2) is 4.80. The Bertz CT molecular complexity index is 119. The predicted molar refractivity (Wildman–Crippen MR) is 51.6 cm³/mol. The van der Waals surface area contributed by atoms with E-state index in [-0.39, 0.29) is 6.04 Å². The van der Waals surface area contributed by atoms with Crippen LogP contribution < -0.4 is 17.2 Å². The fourth-order valence-electron chi connectivity index (χ4n) is 1.95. The Morgan fingerprint density at radius 3 is 2.25 bits per heavy atom. The highest BCUT2D eigenvalue weighted by molar-refractivity contribution is 4.77. The van der Waals surface area contributed by atoms with E-state index in [1.54, 1.807) is 0 Å². The summed E-state index contributed by atoms with van der Waals surface area (Å²) in [5.41, 5.74) is 17.1. The normalized spacial score (nSPS) is 33.2. The van der Waals surface area contributed by atoms with Crippen molar-refractivity contribution in [2.75, 3.05) is 6.54 Å². The molecule has 3 heteroatoms. The van der Waals surface area contributed by atoms with E-state index in [1.807, 2.05) is 0 Å². The summed E-state index contributed by atoms with van der Waals surface area (Å²) in [6, 6.07) is 0.639. The zero-order valence-electron chi connectivity index (χ0n) is 7.71. The minimum atomic E-state index is 0.198. The summed E-state index contributed by atoms with van der Waals surface area (Å²) in [7, 11) is 0. The topological polar surface area (TPSA) is 78.1 Å². The molecule has 0 aromatic carbocycles. The predicted octanol–water partition coefficient (Wildman–Crippen LogP) is 0.180. The Kier molecular flexibility index (Phi) is 3.98. The second-order valence-electron chi connectivity index (χ2n) is 4.01. The lowest BCUT2D eigenvalue weighted by Gasteiger charge is -2.27. The van der Waals surface area contributed by atoms with E-state index in [4.69, 9.17) is 17.2 Å². The van der Waals surface area contributed by atoms with Crippen LogP contribution in [0.15, 0.2) is 0 Å². The van der Waals surface area contributed by atoms with Crippen molar-refractivity contribution in [1.29, 1.82) is 0 Å². The van der Waals surface area contributed by atoms with Crippen LogP contribution in [0.4, 0.5) is 0 Å². The van der Waals surface area contributed by atoms with Crippen LogP contribution in [-0.2, 0) is 0 Å². The molecule has 1 unspecified atom stereocenters. The second-order valence-corrected chi connectivity index (χ2v) is 4.01. The molecule has 1 atom stereocenters. The van der Waals surface area contributed by atoms with Crippen LogP contribution >= 0.6 is 0 Å². The van der Waals surface area contributed by atoms with Crippen LogP contribution in [0.3, 0.4) is 0 Å². The van der Waals surface area contributed by atoms with E-state index in [9.17, 15) is 0 Å². The smallest absolute Gasteiger partial charge is 0.0165 e. The lowest BCUT2D eigenvalue weighted by atomic mass is 9.83. The van der Waals surface area contributed by atoms with Gasteiger partial charge in [-0.05, 0) is 38.0 Å². The lowest BCUT2D eigenvalue weighted by Crippen LogP contribution is -2.34. The fraction of sp³-hybridized carbons (Fsp3) is 1.00. The van der Waals surface area contributed by atoms with E-state index in [1.165, 1.54) is 25.7 Å². The Balaban J connectivity index is 2.17. The van der Waals surface area contributed by atoms with Gasteiger partial charge >= 0.3 is 0 Å².